The number of nitrogens with zero attached hydrogens (tertiary/aromatic N) is 2. The number of rotatable bonds is 3. The van der Waals surface area contributed by atoms with Crippen molar-refractivity contribution in [2.75, 3.05) is 15.1 Å². The zero-order valence-corrected chi connectivity index (χ0v) is 20.8. The van der Waals surface area contributed by atoms with E-state index in [0.29, 0.717) is 26.4 Å². The number of benzene rings is 3. The van der Waals surface area contributed by atoms with Crippen molar-refractivity contribution in [3.63, 3.8) is 0 Å². The van der Waals surface area contributed by atoms with E-state index in [1.165, 1.54) is 18.2 Å². The Balaban J connectivity index is 1.44. The van der Waals surface area contributed by atoms with Gasteiger partial charge in [-0.3, -0.25) is 14.4 Å². The van der Waals surface area contributed by atoms with Gasteiger partial charge in [0.1, 0.15) is 6.04 Å². The molecule has 3 aliphatic heterocycles. The van der Waals surface area contributed by atoms with Crippen LogP contribution in [0.15, 0.2) is 72.8 Å². The number of fused-ring (bicyclic) bond motifs is 5. The van der Waals surface area contributed by atoms with Crippen molar-refractivity contribution in [1.82, 2.24) is 0 Å². The molecule has 0 spiro atoms. The third-order valence-electron chi connectivity index (χ3n) is 6.90. The van der Waals surface area contributed by atoms with E-state index < -0.39 is 29.8 Å². The van der Waals surface area contributed by atoms with Gasteiger partial charge in [-0.1, -0.05) is 65.2 Å². The summed E-state index contributed by atoms with van der Waals surface area (Å²) >= 11 is 18.3. The maximum absolute atomic E-state index is 13.9. The fourth-order valence-corrected chi connectivity index (χ4v) is 6.13. The summed E-state index contributed by atoms with van der Waals surface area (Å²) < 4.78 is 0. The molecule has 2 fully saturated rings. The second kappa shape index (κ2) is 8.66. The number of para-hydroxylation sites is 1. The highest BCUT2D eigenvalue weighted by molar-refractivity contribution is 6.36. The van der Waals surface area contributed by atoms with Crippen LogP contribution in [0.1, 0.15) is 5.56 Å². The lowest BCUT2D eigenvalue weighted by Gasteiger charge is -2.36. The smallest absolute Gasteiger partial charge is 0.247 e. The Kier molecular flexibility index (Phi) is 5.56. The molecule has 3 aromatic carbocycles. The van der Waals surface area contributed by atoms with E-state index in [4.69, 9.17) is 34.8 Å². The molecule has 3 aromatic rings. The van der Waals surface area contributed by atoms with Gasteiger partial charge in [0, 0.05) is 26.4 Å². The molecule has 0 aliphatic carbocycles. The number of anilines is 3. The molecule has 36 heavy (non-hydrogen) atoms. The Morgan fingerprint density at radius 3 is 2.19 bits per heavy atom. The van der Waals surface area contributed by atoms with Gasteiger partial charge in [0.15, 0.2) is 0 Å². The molecule has 0 aromatic heterocycles. The molecule has 0 saturated carbocycles. The quantitative estimate of drug-likeness (QED) is 0.436. The van der Waals surface area contributed by atoms with Crippen LogP contribution in [-0.2, 0) is 14.4 Å². The van der Waals surface area contributed by atoms with Crippen LogP contribution in [0.4, 0.5) is 17.1 Å². The van der Waals surface area contributed by atoms with Crippen LogP contribution in [0, 0.1) is 11.8 Å². The standard InChI is InChI=1S/C27H18Cl3N3O3/c28-15-6-8-18(9-7-15)31-25(34)24-23-22(21-10-5-14-3-1-2-4-20(14)33(21)24)26(35)32(27(23)36)19-12-16(29)11-17(30)13-19/h1-13,21-24H,(H,31,34)/t21-,22-,23-,24+/m1/s1. The fourth-order valence-electron chi connectivity index (χ4n) is 5.49. The Labute approximate surface area is 222 Å². The number of halogens is 3. The molecule has 6 rings (SSSR count). The molecule has 3 heterocycles. The van der Waals surface area contributed by atoms with E-state index in [2.05, 4.69) is 5.32 Å². The van der Waals surface area contributed by atoms with Crippen LogP contribution in [-0.4, -0.2) is 29.8 Å². The lowest BCUT2D eigenvalue weighted by Crippen LogP contribution is -2.50. The zero-order valence-electron chi connectivity index (χ0n) is 18.6. The average molecular weight is 539 g/mol. The van der Waals surface area contributed by atoms with Gasteiger partial charge in [0.25, 0.3) is 0 Å². The van der Waals surface area contributed by atoms with Crippen LogP contribution in [0.3, 0.4) is 0 Å². The van der Waals surface area contributed by atoms with Crippen molar-refractivity contribution < 1.29 is 14.4 Å². The van der Waals surface area contributed by atoms with Gasteiger partial charge in [-0.15, -0.1) is 0 Å². The number of carbonyl (C=O) groups excluding carboxylic acids is 3. The Morgan fingerprint density at radius 2 is 1.47 bits per heavy atom. The largest absolute Gasteiger partial charge is 0.351 e. The SMILES string of the molecule is O=C(Nc1ccc(Cl)cc1)[C@@H]1[C@@H]2C(=O)N(c3cc(Cl)cc(Cl)c3)C(=O)[C@@H]2[C@H]2C=Cc3ccccc3N21. The Hall–Kier alpha value is -3.32. The Morgan fingerprint density at radius 1 is 0.806 bits per heavy atom. The number of hydrogen-bond acceptors (Lipinski definition) is 4. The van der Waals surface area contributed by atoms with Gasteiger partial charge in [-0.2, -0.15) is 0 Å². The third kappa shape index (κ3) is 3.60. The minimum Gasteiger partial charge on any atom is -0.351 e. The average Bonchev–Trinajstić information content (AvgIpc) is 3.33. The topological polar surface area (TPSA) is 69.7 Å². The third-order valence-corrected chi connectivity index (χ3v) is 7.59. The molecule has 1 N–H and O–H groups in total. The van der Waals surface area contributed by atoms with Crippen LogP contribution >= 0.6 is 34.8 Å². The molecule has 180 valence electrons. The first-order valence-electron chi connectivity index (χ1n) is 11.3. The van der Waals surface area contributed by atoms with Gasteiger partial charge in [-0.25, -0.2) is 4.90 Å². The normalized spacial score (nSPS) is 24.0. The van der Waals surface area contributed by atoms with Gasteiger partial charge in [0.2, 0.25) is 17.7 Å². The molecule has 0 bridgehead atoms. The first-order chi connectivity index (χ1) is 17.3. The molecular weight excluding hydrogens is 521 g/mol. The monoisotopic (exact) mass is 537 g/mol. The predicted molar refractivity (Wildman–Crippen MR) is 142 cm³/mol. The second-order valence-electron chi connectivity index (χ2n) is 8.95. The molecule has 2 saturated heterocycles. The number of imide groups is 1. The van der Waals surface area contributed by atoms with Gasteiger partial charge in [0.05, 0.1) is 23.6 Å². The molecule has 6 nitrogen and oxygen atoms in total. The molecule has 0 unspecified atom stereocenters. The summed E-state index contributed by atoms with van der Waals surface area (Å²) in [5.74, 6) is -2.87. The van der Waals surface area contributed by atoms with E-state index in [0.717, 1.165) is 16.2 Å². The minimum absolute atomic E-state index is 0.292. The highest BCUT2D eigenvalue weighted by Crippen LogP contribution is 2.49. The lowest BCUT2D eigenvalue weighted by molar-refractivity contribution is -0.126. The van der Waals surface area contributed by atoms with Crippen molar-refractivity contribution in [3.8, 4) is 0 Å². The van der Waals surface area contributed by atoms with Crippen molar-refractivity contribution >= 4 is 75.7 Å². The molecule has 3 amide bonds. The minimum atomic E-state index is -0.919. The van der Waals surface area contributed by atoms with E-state index in [1.807, 2.05) is 41.3 Å². The predicted octanol–water partition coefficient (Wildman–Crippen LogP) is 5.68. The zero-order chi connectivity index (χ0) is 25.1. The van der Waals surface area contributed by atoms with Crippen LogP contribution in [0.25, 0.3) is 6.08 Å². The molecule has 9 heteroatoms. The number of amides is 3. The Bertz CT molecular complexity index is 1440. The van der Waals surface area contributed by atoms with E-state index in [1.54, 1.807) is 24.3 Å². The number of carbonyl (C=O) groups is 3. The van der Waals surface area contributed by atoms with E-state index in [9.17, 15) is 14.4 Å². The highest BCUT2D eigenvalue weighted by atomic mass is 35.5. The van der Waals surface area contributed by atoms with Gasteiger partial charge in [-0.05, 0) is 54.1 Å². The van der Waals surface area contributed by atoms with Crippen molar-refractivity contribution in [1.29, 1.82) is 0 Å². The second-order valence-corrected chi connectivity index (χ2v) is 10.3. The summed E-state index contributed by atoms with van der Waals surface area (Å²) in [5, 5.41) is 4.06. The highest BCUT2D eigenvalue weighted by Gasteiger charge is 2.64. The summed E-state index contributed by atoms with van der Waals surface area (Å²) in [6, 6.07) is 17.5. The molecule has 4 atom stereocenters. The van der Waals surface area contributed by atoms with Crippen LogP contribution in [0.2, 0.25) is 15.1 Å². The lowest BCUT2D eigenvalue weighted by atomic mass is 9.88. The van der Waals surface area contributed by atoms with Crippen LogP contribution in [0.5, 0.6) is 0 Å². The summed E-state index contributed by atoms with van der Waals surface area (Å²) in [4.78, 5) is 44.4. The summed E-state index contributed by atoms with van der Waals surface area (Å²) in [7, 11) is 0. The number of nitrogens with one attached hydrogen (secondary N) is 1. The summed E-state index contributed by atoms with van der Waals surface area (Å²) in [6.07, 6.45) is 3.83. The first-order valence-corrected chi connectivity index (χ1v) is 12.4. The first kappa shape index (κ1) is 23.1. The summed E-state index contributed by atoms with van der Waals surface area (Å²) in [6.45, 7) is 0. The maximum Gasteiger partial charge on any atom is 0.247 e. The molecular formula is C27H18Cl3N3O3. The van der Waals surface area contributed by atoms with Crippen molar-refractivity contribution in [2.45, 2.75) is 12.1 Å². The maximum atomic E-state index is 13.9. The van der Waals surface area contributed by atoms with Crippen molar-refractivity contribution in [2.24, 2.45) is 11.8 Å². The van der Waals surface area contributed by atoms with Crippen LogP contribution < -0.4 is 15.1 Å². The van der Waals surface area contributed by atoms with Gasteiger partial charge < -0.3 is 10.2 Å². The fraction of sp³-hybridized carbons (Fsp3) is 0.148. The molecule has 0 radical (unpaired) electrons. The van der Waals surface area contributed by atoms with E-state index in [-0.39, 0.29) is 11.8 Å². The van der Waals surface area contributed by atoms with Gasteiger partial charge >= 0.3 is 0 Å². The van der Waals surface area contributed by atoms with Crippen molar-refractivity contribution in [3.05, 3.63) is 93.4 Å². The molecule has 3 aliphatic rings. The van der Waals surface area contributed by atoms with E-state index >= 15 is 0 Å². The summed E-state index contributed by atoms with van der Waals surface area (Å²) in [5.41, 5.74) is 2.55. The number of hydrogen-bond donors (Lipinski definition) is 1.